The van der Waals surface area contributed by atoms with E-state index in [4.69, 9.17) is 4.74 Å². The number of piperidine rings is 4. The summed E-state index contributed by atoms with van der Waals surface area (Å²) in [7, 11) is 2.10. The molecule has 0 aliphatic carbocycles. The van der Waals surface area contributed by atoms with Gasteiger partial charge in [-0.25, -0.2) is 0 Å². The molecule has 14 aliphatic rings. The molecule has 14 saturated heterocycles. The summed E-state index contributed by atoms with van der Waals surface area (Å²) in [6.45, 7) is 97.3. The highest BCUT2D eigenvalue weighted by Gasteiger charge is 2.52. The molecule has 136 heavy (non-hydrogen) atoms. The number of carbonyl (C=O) groups is 10. The van der Waals surface area contributed by atoms with E-state index in [1.807, 2.05) is 43.2 Å². The molecule has 11 atom stereocenters. The van der Waals surface area contributed by atoms with Crippen molar-refractivity contribution in [2.75, 3.05) is 138 Å². The van der Waals surface area contributed by atoms with Crippen molar-refractivity contribution in [3.63, 3.8) is 0 Å². The van der Waals surface area contributed by atoms with E-state index in [9.17, 15) is 47.9 Å². The van der Waals surface area contributed by atoms with Crippen molar-refractivity contribution in [2.45, 2.75) is 349 Å². The van der Waals surface area contributed by atoms with Gasteiger partial charge in [-0.05, 0) is 281 Å². The molecule has 14 heterocycles. The first-order valence-corrected chi connectivity index (χ1v) is 51.2. The second kappa shape index (κ2) is 58.7. The Bertz CT molecular complexity index is 3810. The van der Waals surface area contributed by atoms with Crippen LogP contribution in [0.5, 0.6) is 0 Å². The second-order valence-electron chi connectivity index (χ2n) is 41.6. The molecule has 11 unspecified atom stereocenters. The van der Waals surface area contributed by atoms with Crippen molar-refractivity contribution in [3.05, 3.63) is 127 Å². The molecular weight excluding hydrogens is 1710 g/mol. The maximum Gasteiger partial charge on any atom is 0.246 e. The third-order valence-corrected chi connectivity index (χ3v) is 28.8. The number of hydrogen-bond acceptors (Lipinski definition) is 19. The smallest absolute Gasteiger partial charge is 0.246 e. The van der Waals surface area contributed by atoms with Crippen LogP contribution in [0.1, 0.15) is 216 Å². The van der Waals surface area contributed by atoms with Crippen LogP contribution in [0.3, 0.4) is 0 Å². The fraction of sp³-hybridized carbons (Fsp3) is 0.720. The number of nitrogens with one attached hydrogen (secondary N) is 3. The van der Waals surface area contributed by atoms with Gasteiger partial charge in [0.15, 0.2) is 0 Å². The van der Waals surface area contributed by atoms with E-state index in [0.717, 1.165) is 162 Å². The number of nitrogens with zero attached hydrogens (tertiary/aromatic N) is 15. The molecule has 3 N–H and O–H groups in total. The summed E-state index contributed by atoms with van der Waals surface area (Å²) >= 11 is 0. The molecule has 0 radical (unpaired) electrons. The minimum Gasteiger partial charge on any atom is -0.372 e. The predicted octanol–water partition coefficient (Wildman–Crippen LogP) is 10.5. The van der Waals surface area contributed by atoms with Crippen LogP contribution in [0.15, 0.2) is 127 Å². The zero-order valence-corrected chi connectivity index (χ0v) is 88.0. The van der Waals surface area contributed by atoms with Crippen molar-refractivity contribution in [1.29, 1.82) is 0 Å². The Morgan fingerprint density at radius 2 is 0.699 bits per heavy atom. The Morgan fingerprint density at radius 1 is 0.316 bits per heavy atom. The highest BCUT2D eigenvalue weighted by molar-refractivity contribution is 5.91. The van der Waals surface area contributed by atoms with Crippen molar-refractivity contribution in [1.82, 2.24) is 89.4 Å². The lowest BCUT2D eigenvalue weighted by atomic mass is 9.85. The first-order chi connectivity index (χ1) is 64.3. The van der Waals surface area contributed by atoms with Gasteiger partial charge in [0, 0.05) is 221 Å². The number of amides is 10. The molecular formula is C107H184N18O11. The Kier molecular flexibility index (Phi) is 51.0. The highest BCUT2D eigenvalue weighted by atomic mass is 16.5. The van der Waals surface area contributed by atoms with Crippen LogP contribution in [0.4, 0.5) is 0 Å². The first-order valence-electron chi connectivity index (χ1n) is 51.2. The number of rotatable bonds is 26. The van der Waals surface area contributed by atoms with Gasteiger partial charge < -0.3 is 59.9 Å². The molecule has 0 saturated carbocycles. The molecule has 10 amide bonds. The van der Waals surface area contributed by atoms with Crippen LogP contribution < -0.4 is 16.0 Å². The van der Waals surface area contributed by atoms with Crippen molar-refractivity contribution in [3.8, 4) is 0 Å². The lowest BCUT2D eigenvalue weighted by Crippen LogP contribution is -2.71. The molecule has 29 heteroatoms. The van der Waals surface area contributed by atoms with Gasteiger partial charge in [-0.15, -0.1) is 0 Å². The number of hydrogen-bond donors (Lipinski definition) is 3. The third kappa shape index (κ3) is 35.5. The minimum atomic E-state index is -0.0596. The van der Waals surface area contributed by atoms with E-state index in [1.54, 1.807) is 9.80 Å². The molecule has 14 aliphatic heterocycles. The molecule has 29 nitrogen and oxygen atoms in total. The van der Waals surface area contributed by atoms with Crippen LogP contribution >= 0.6 is 0 Å². The van der Waals surface area contributed by atoms with Crippen molar-refractivity contribution in [2.24, 2.45) is 11.8 Å². The summed E-state index contributed by atoms with van der Waals surface area (Å²) < 4.78 is 5.48. The van der Waals surface area contributed by atoms with Gasteiger partial charge in [0.1, 0.15) is 0 Å². The third-order valence-electron chi connectivity index (χ3n) is 28.8. The number of ether oxygens (including phenoxy) is 1. The molecule has 0 bridgehead atoms. The van der Waals surface area contributed by atoms with Crippen LogP contribution in [0, 0.1) is 11.8 Å². The SMILES string of the molecule is C=CC(=O)N1CC(N(C)C(C)C)C1.C=CC(=O)N1CC(NC(C)C)C1.C=CC(=O)N1CC(OC(C)C)C1.C=CC(=O)N1CC2C1CCCN2C(C)C.C=CC(=O)N1CC2C1CCN2C(C)C.C=CC(=O)N1CCC2C1CN2C(C)C.C=CC(=O)N1CCCC(CC(C)C)C1.C=CC(=O)N1CCCC2C1CN2C(C)C.C=CC(=O)NC1CCCN(C(C)C)C1.C=CC(=O)NC1CCN(C(C)C)C1. The predicted molar refractivity (Wildman–Crippen MR) is 553 cm³/mol. The number of likely N-dealkylation sites (tertiary alicyclic amines) is 14. The van der Waals surface area contributed by atoms with Gasteiger partial charge in [0.05, 0.1) is 30.3 Å². The fourth-order valence-electron chi connectivity index (χ4n) is 20.8. The lowest BCUT2D eigenvalue weighted by molar-refractivity contribution is -0.145. The van der Waals surface area contributed by atoms with Crippen LogP contribution in [-0.4, -0.2) is 404 Å². The minimum absolute atomic E-state index is 0.00129. The molecule has 14 fully saturated rings. The Balaban J connectivity index is 0.000000267. The van der Waals surface area contributed by atoms with Crippen molar-refractivity contribution < 1.29 is 52.7 Å². The highest BCUT2D eigenvalue weighted by Crippen LogP contribution is 2.38. The van der Waals surface area contributed by atoms with E-state index < -0.39 is 0 Å². The maximum absolute atomic E-state index is 11.6. The van der Waals surface area contributed by atoms with Crippen LogP contribution in [0.2, 0.25) is 0 Å². The number of fused-ring (bicyclic) bond motifs is 4. The lowest BCUT2D eigenvalue weighted by Gasteiger charge is -2.57. The summed E-state index contributed by atoms with van der Waals surface area (Å²) in [5.41, 5.74) is 0. The van der Waals surface area contributed by atoms with Gasteiger partial charge in [0.25, 0.3) is 0 Å². The second-order valence-corrected chi connectivity index (χ2v) is 41.6. The van der Waals surface area contributed by atoms with E-state index in [1.165, 1.54) is 99.4 Å². The summed E-state index contributed by atoms with van der Waals surface area (Å²) in [6.07, 6.45) is 28.4. The van der Waals surface area contributed by atoms with Gasteiger partial charge >= 0.3 is 0 Å². The normalized spacial score (nSPS) is 25.1. The Morgan fingerprint density at radius 3 is 1.12 bits per heavy atom. The molecule has 0 aromatic heterocycles. The largest absolute Gasteiger partial charge is 0.372 e. The van der Waals surface area contributed by atoms with Crippen LogP contribution in [0.25, 0.3) is 0 Å². The number of carbonyl (C=O) groups excluding carboxylic acids is 10. The van der Waals surface area contributed by atoms with Gasteiger partial charge in [0.2, 0.25) is 59.1 Å². The van der Waals surface area contributed by atoms with Gasteiger partial charge in [-0.2, -0.15) is 0 Å². The fourth-order valence-corrected chi connectivity index (χ4v) is 20.8. The first kappa shape index (κ1) is 118. The Hall–Kier alpha value is -8.26. The van der Waals surface area contributed by atoms with Gasteiger partial charge in [-0.3, -0.25) is 82.2 Å². The van der Waals surface area contributed by atoms with Crippen molar-refractivity contribution >= 4 is 59.1 Å². The van der Waals surface area contributed by atoms with Crippen LogP contribution in [-0.2, 0) is 52.7 Å². The summed E-state index contributed by atoms with van der Waals surface area (Å²) in [6, 6.07) is 10.5. The zero-order valence-electron chi connectivity index (χ0n) is 88.0. The standard InChI is InChI=1S/2C12H20N2O.C12H21NO.2C11H18N2O.C11H20N2O.2C10H18N2O.C9H16N2O.C9H15NO2/c1-4-12(15)13-7-5-6-10-11(13)8-14(10)9(2)3;1-4-12(15)14-8-11-10(14)6-5-7-13(11)9(2)3;1-4-12(14)13-7-5-6-11(9-13)8-10(2)3;1-4-11(14)12-6-5-9-10(12)7-13(9)8(2)3;1-4-11(14)13-7-10-9(13)5-6-12(10)8(2)3;1-4-11(14)12-10-6-5-7-13(8-10)9(2)3;1-5-10(13)12-6-9(7-12)11(4)8(2)3;1-4-10(13)11-9-5-6-12(7-9)8(2)3;1-4-9(12)11-5-8(6-11)10-7(2)3;1-4-9(11)10-5-8(6-10)12-7(2)3/h2*4,9-11H,1,5-8H2,2-3H3;4,10-11H,1,5-9H2,2-3H3;2*4,8-10H,1,5-7H2,2-3H3;4,9-10H,1,5-8H2,2-3H3,(H,12,14);5,8-9H,1,6-7H2,2-4H3;4,8-9H,1,5-7H2,2-3H3,(H,11,13);4,7-8,10H,1,5-6H2,2-3H3;4,7-8H,1,5-6H2,2-3H3. The summed E-state index contributed by atoms with van der Waals surface area (Å²) in [4.78, 5) is 145. The van der Waals surface area contributed by atoms with Gasteiger partial charge in [-0.1, -0.05) is 93.5 Å². The Labute approximate surface area is 821 Å². The van der Waals surface area contributed by atoms with E-state index >= 15 is 0 Å². The van der Waals surface area contributed by atoms with E-state index in [0.29, 0.717) is 140 Å². The molecule has 0 aromatic rings. The molecule has 0 aromatic carbocycles. The quantitative estimate of drug-likeness (QED) is 0.0680. The average molecular weight is 1900 g/mol. The molecule has 0 spiro atoms. The number of likely N-dealkylation sites (N-methyl/N-ethyl adjacent to an activating group) is 1. The summed E-state index contributed by atoms with van der Waals surface area (Å²) in [5, 5.41) is 9.23. The van der Waals surface area contributed by atoms with E-state index in [2.05, 4.69) is 248 Å². The molecule has 768 valence electrons. The monoisotopic (exact) mass is 1900 g/mol. The molecule has 14 rings (SSSR count). The zero-order chi connectivity index (χ0) is 102. The average Bonchev–Trinajstić information content (AvgIpc) is 1.74. The maximum atomic E-state index is 11.6. The summed E-state index contributed by atoms with van der Waals surface area (Å²) in [5.74, 6) is 1.90. The van der Waals surface area contributed by atoms with E-state index in [-0.39, 0.29) is 71.3 Å². The topological polar surface area (TPSA) is 265 Å².